The molecule has 0 saturated heterocycles. The Hall–Kier alpha value is -3.37. The highest BCUT2D eigenvalue weighted by Gasteiger charge is 2.33. The van der Waals surface area contributed by atoms with Crippen LogP contribution in [0.1, 0.15) is 22.8 Å². The first-order valence-corrected chi connectivity index (χ1v) is 10.3. The maximum Gasteiger partial charge on any atom is 0.262 e. The van der Waals surface area contributed by atoms with E-state index < -0.39 is 0 Å². The molecular formula is C25H20ClN3O. The number of amides is 1. The largest absolute Gasteiger partial charge is 0.305 e. The SMILES string of the molecule is C[C@H]1Cc2ccccc2N1C(=O)c1cn(-c2ccccc2)nc1-c1ccc(Cl)cc1. The molecule has 2 heterocycles. The Morgan fingerprint density at radius 1 is 0.967 bits per heavy atom. The first-order valence-electron chi connectivity index (χ1n) is 9.94. The minimum absolute atomic E-state index is 0.0421. The van der Waals surface area contributed by atoms with E-state index in [4.69, 9.17) is 16.7 Å². The lowest BCUT2D eigenvalue weighted by Crippen LogP contribution is -2.35. The molecule has 5 heteroatoms. The smallest absolute Gasteiger partial charge is 0.262 e. The van der Waals surface area contributed by atoms with E-state index in [0.29, 0.717) is 16.3 Å². The Balaban J connectivity index is 1.64. The molecule has 1 aromatic heterocycles. The summed E-state index contributed by atoms with van der Waals surface area (Å²) in [6.07, 6.45) is 2.68. The summed E-state index contributed by atoms with van der Waals surface area (Å²) in [6, 6.07) is 25.5. The summed E-state index contributed by atoms with van der Waals surface area (Å²) < 4.78 is 1.77. The van der Waals surface area contributed by atoms with Gasteiger partial charge in [0.05, 0.1) is 11.3 Å². The minimum Gasteiger partial charge on any atom is -0.305 e. The summed E-state index contributed by atoms with van der Waals surface area (Å²) in [5.74, 6) is -0.0421. The number of carbonyl (C=O) groups excluding carboxylic acids is 1. The second kappa shape index (κ2) is 7.47. The van der Waals surface area contributed by atoms with Gasteiger partial charge in [-0.05, 0) is 49.2 Å². The van der Waals surface area contributed by atoms with Crippen LogP contribution in [-0.4, -0.2) is 21.7 Å². The van der Waals surface area contributed by atoms with Crippen LogP contribution >= 0.6 is 11.6 Å². The highest BCUT2D eigenvalue weighted by atomic mass is 35.5. The molecule has 5 rings (SSSR count). The lowest BCUT2D eigenvalue weighted by Gasteiger charge is -2.22. The molecule has 0 bridgehead atoms. The van der Waals surface area contributed by atoms with Gasteiger partial charge in [-0.25, -0.2) is 4.68 Å². The fourth-order valence-corrected chi connectivity index (χ4v) is 4.20. The minimum atomic E-state index is -0.0421. The van der Waals surface area contributed by atoms with Gasteiger partial charge in [-0.3, -0.25) is 4.79 Å². The van der Waals surface area contributed by atoms with Crippen LogP contribution in [0, 0.1) is 0 Å². The molecule has 1 atom stereocenters. The predicted molar refractivity (Wildman–Crippen MR) is 120 cm³/mol. The van der Waals surface area contributed by atoms with Gasteiger partial charge >= 0.3 is 0 Å². The predicted octanol–water partition coefficient (Wildman–Crippen LogP) is 5.78. The van der Waals surface area contributed by atoms with Crippen molar-refractivity contribution in [2.45, 2.75) is 19.4 Å². The van der Waals surface area contributed by atoms with Crippen molar-refractivity contribution in [2.75, 3.05) is 4.90 Å². The fraction of sp³-hybridized carbons (Fsp3) is 0.120. The monoisotopic (exact) mass is 413 g/mol. The molecule has 0 fully saturated rings. The lowest BCUT2D eigenvalue weighted by atomic mass is 10.1. The Morgan fingerprint density at radius 2 is 1.67 bits per heavy atom. The molecule has 4 aromatic rings. The van der Waals surface area contributed by atoms with Gasteiger partial charge in [-0.15, -0.1) is 0 Å². The van der Waals surface area contributed by atoms with Crippen LogP contribution in [0.15, 0.2) is 85.1 Å². The second-order valence-electron chi connectivity index (χ2n) is 7.54. The number of benzene rings is 3. The van der Waals surface area contributed by atoms with Gasteiger partial charge in [0, 0.05) is 28.5 Å². The molecule has 3 aromatic carbocycles. The normalized spacial score (nSPS) is 15.3. The Kier molecular flexibility index (Phi) is 4.64. The van der Waals surface area contributed by atoms with E-state index in [-0.39, 0.29) is 11.9 Å². The van der Waals surface area contributed by atoms with Crippen molar-refractivity contribution in [3.63, 3.8) is 0 Å². The van der Waals surface area contributed by atoms with Gasteiger partial charge in [0.2, 0.25) is 0 Å². The van der Waals surface area contributed by atoms with Crippen molar-refractivity contribution in [3.8, 4) is 16.9 Å². The molecule has 0 aliphatic carbocycles. The third-order valence-corrected chi connectivity index (χ3v) is 5.76. The van der Waals surface area contributed by atoms with Gasteiger partial charge in [0.15, 0.2) is 0 Å². The van der Waals surface area contributed by atoms with Crippen LogP contribution in [-0.2, 0) is 6.42 Å². The van der Waals surface area contributed by atoms with Crippen LogP contribution in [0.3, 0.4) is 0 Å². The molecule has 1 aliphatic heterocycles. The van der Waals surface area contributed by atoms with Crippen molar-refractivity contribution >= 4 is 23.2 Å². The average Bonchev–Trinajstić information content (AvgIpc) is 3.35. The third-order valence-electron chi connectivity index (χ3n) is 5.51. The summed E-state index contributed by atoms with van der Waals surface area (Å²) >= 11 is 6.08. The number of hydrogen-bond acceptors (Lipinski definition) is 2. The summed E-state index contributed by atoms with van der Waals surface area (Å²) in [7, 11) is 0. The fourth-order valence-electron chi connectivity index (χ4n) is 4.07. The summed E-state index contributed by atoms with van der Waals surface area (Å²) in [5.41, 5.74) is 5.16. The molecule has 0 spiro atoms. The number of aromatic nitrogens is 2. The zero-order valence-corrected chi connectivity index (χ0v) is 17.3. The van der Waals surface area contributed by atoms with Gasteiger partial charge < -0.3 is 4.90 Å². The van der Waals surface area contributed by atoms with Crippen molar-refractivity contribution in [3.05, 3.63) is 101 Å². The molecule has 30 heavy (non-hydrogen) atoms. The molecule has 0 N–H and O–H groups in total. The van der Waals surface area contributed by atoms with Crippen LogP contribution in [0.25, 0.3) is 16.9 Å². The first-order chi connectivity index (χ1) is 14.6. The van der Waals surface area contributed by atoms with Crippen molar-refractivity contribution in [2.24, 2.45) is 0 Å². The second-order valence-corrected chi connectivity index (χ2v) is 7.97. The molecule has 0 radical (unpaired) electrons. The number of anilines is 1. The molecule has 148 valence electrons. The molecule has 4 nitrogen and oxygen atoms in total. The molecule has 0 saturated carbocycles. The summed E-state index contributed by atoms with van der Waals surface area (Å²) in [4.78, 5) is 15.7. The third kappa shape index (κ3) is 3.19. The van der Waals surface area contributed by atoms with Gasteiger partial charge in [-0.2, -0.15) is 5.10 Å². The first kappa shape index (κ1) is 18.6. The van der Waals surface area contributed by atoms with Crippen LogP contribution < -0.4 is 4.90 Å². The standard InChI is InChI=1S/C25H20ClN3O/c1-17-15-19-7-5-6-10-23(19)29(17)25(30)22-16-28(21-8-3-2-4-9-21)27-24(22)18-11-13-20(26)14-12-18/h2-14,16-17H,15H2,1H3/t17-/m0/s1. The van der Waals surface area contributed by atoms with Gasteiger partial charge in [-0.1, -0.05) is 60.1 Å². The summed E-state index contributed by atoms with van der Waals surface area (Å²) in [6.45, 7) is 2.08. The summed E-state index contributed by atoms with van der Waals surface area (Å²) in [5, 5.41) is 5.43. The van der Waals surface area contributed by atoms with Crippen LogP contribution in [0.5, 0.6) is 0 Å². The van der Waals surface area contributed by atoms with E-state index in [1.165, 1.54) is 5.56 Å². The molecule has 1 aliphatic rings. The van der Waals surface area contributed by atoms with E-state index in [0.717, 1.165) is 23.4 Å². The maximum absolute atomic E-state index is 13.8. The van der Waals surface area contributed by atoms with E-state index in [9.17, 15) is 4.79 Å². The zero-order chi connectivity index (χ0) is 20.7. The lowest BCUT2D eigenvalue weighted by molar-refractivity contribution is 0.0982. The molecular weight excluding hydrogens is 394 g/mol. The van der Waals surface area contributed by atoms with Crippen LogP contribution in [0.4, 0.5) is 5.69 Å². The maximum atomic E-state index is 13.8. The van der Waals surface area contributed by atoms with Gasteiger partial charge in [0.1, 0.15) is 5.69 Å². The topological polar surface area (TPSA) is 38.1 Å². The number of nitrogens with zero attached hydrogens (tertiary/aromatic N) is 3. The number of para-hydroxylation sites is 2. The number of rotatable bonds is 3. The number of fused-ring (bicyclic) bond motifs is 1. The number of hydrogen-bond donors (Lipinski definition) is 0. The highest BCUT2D eigenvalue weighted by molar-refractivity contribution is 6.30. The van der Waals surface area contributed by atoms with E-state index in [2.05, 4.69) is 13.0 Å². The highest BCUT2D eigenvalue weighted by Crippen LogP contribution is 2.35. The average molecular weight is 414 g/mol. The Bertz CT molecular complexity index is 1210. The zero-order valence-electron chi connectivity index (χ0n) is 16.5. The Labute approximate surface area is 180 Å². The van der Waals surface area contributed by atoms with Gasteiger partial charge in [0.25, 0.3) is 5.91 Å². The van der Waals surface area contributed by atoms with Crippen molar-refractivity contribution in [1.82, 2.24) is 9.78 Å². The van der Waals surface area contributed by atoms with Crippen molar-refractivity contribution < 1.29 is 4.79 Å². The molecule has 0 unspecified atom stereocenters. The van der Waals surface area contributed by atoms with Crippen molar-refractivity contribution in [1.29, 1.82) is 0 Å². The van der Waals surface area contributed by atoms with E-state index >= 15 is 0 Å². The Morgan fingerprint density at radius 3 is 2.43 bits per heavy atom. The quantitative estimate of drug-likeness (QED) is 0.426. The number of carbonyl (C=O) groups is 1. The van der Waals surface area contributed by atoms with E-state index in [1.54, 1.807) is 4.68 Å². The van der Waals surface area contributed by atoms with E-state index in [1.807, 2.05) is 83.9 Å². The van der Waals surface area contributed by atoms with Crippen LogP contribution in [0.2, 0.25) is 5.02 Å². The molecule has 1 amide bonds. The number of halogens is 1.